The number of rotatable bonds is 6. The van der Waals surface area contributed by atoms with E-state index in [1.807, 2.05) is 0 Å². The Morgan fingerprint density at radius 1 is 0.688 bits per heavy atom. The van der Waals surface area contributed by atoms with Crippen molar-refractivity contribution in [3.05, 3.63) is 107 Å². The molecule has 0 aliphatic carbocycles. The predicted molar refractivity (Wildman–Crippen MR) is 113 cm³/mol. The largest absolute Gasteiger partial charge is 0.384 e. The topological polar surface area (TPSA) is 35.0 Å². The van der Waals surface area contributed by atoms with Crippen molar-refractivity contribution in [2.75, 3.05) is 13.7 Å². The highest BCUT2D eigenvalue weighted by Crippen LogP contribution is 2.29. The lowest BCUT2D eigenvalue weighted by molar-refractivity contribution is 0.187. The number of benzene rings is 2. The molecule has 32 heavy (non-hydrogen) atoms. The molecular formula is C25H18F4N2O. The molecule has 0 aliphatic heterocycles. The van der Waals surface area contributed by atoms with E-state index in [1.165, 1.54) is 31.4 Å². The molecule has 162 valence electrons. The van der Waals surface area contributed by atoms with Gasteiger partial charge < -0.3 is 4.74 Å². The van der Waals surface area contributed by atoms with Crippen molar-refractivity contribution in [3.8, 4) is 22.5 Å². The van der Waals surface area contributed by atoms with Crippen molar-refractivity contribution in [1.82, 2.24) is 9.97 Å². The van der Waals surface area contributed by atoms with Crippen LogP contribution in [0.1, 0.15) is 17.3 Å². The molecule has 0 amide bonds. The maximum Gasteiger partial charge on any atom is 0.135 e. The van der Waals surface area contributed by atoms with Crippen LogP contribution in [-0.4, -0.2) is 23.7 Å². The van der Waals surface area contributed by atoms with E-state index in [-0.39, 0.29) is 17.7 Å². The van der Waals surface area contributed by atoms with Gasteiger partial charge >= 0.3 is 0 Å². The lowest BCUT2D eigenvalue weighted by Gasteiger charge is -2.17. The number of halogens is 4. The first-order chi connectivity index (χ1) is 15.5. The van der Waals surface area contributed by atoms with Gasteiger partial charge in [0.25, 0.3) is 0 Å². The first-order valence-electron chi connectivity index (χ1n) is 9.80. The zero-order chi connectivity index (χ0) is 22.7. The molecule has 0 bridgehead atoms. The molecule has 2 aromatic carbocycles. The average Bonchev–Trinajstić information content (AvgIpc) is 2.77. The zero-order valence-electron chi connectivity index (χ0n) is 17.0. The van der Waals surface area contributed by atoms with Crippen LogP contribution in [0.5, 0.6) is 0 Å². The Kier molecular flexibility index (Phi) is 6.28. The van der Waals surface area contributed by atoms with E-state index < -0.39 is 29.2 Å². The van der Waals surface area contributed by atoms with E-state index in [0.717, 1.165) is 12.1 Å². The van der Waals surface area contributed by atoms with Crippen LogP contribution in [0.3, 0.4) is 0 Å². The van der Waals surface area contributed by atoms with Crippen LogP contribution in [0.25, 0.3) is 22.5 Å². The molecule has 0 atom stereocenters. The monoisotopic (exact) mass is 438 g/mol. The number of nitrogens with zero attached hydrogens (tertiary/aromatic N) is 2. The van der Waals surface area contributed by atoms with Gasteiger partial charge in [0.1, 0.15) is 23.3 Å². The molecule has 0 aliphatic rings. The van der Waals surface area contributed by atoms with E-state index in [0.29, 0.717) is 22.8 Å². The molecule has 2 aromatic heterocycles. The summed E-state index contributed by atoms with van der Waals surface area (Å²) in [5, 5.41) is 0. The van der Waals surface area contributed by atoms with Gasteiger partial charge in [-0.3, -0.25) is 9.97 Å². The quantitative estimate of drug-likeness (QED) is 0.339. The van der Waals surface area contributed by atoms with Gasteiger partial charge in [0.2, 0.25) is 0 Å². The fourth-order valence-corrected chi connectivity index (χ4v) is 3.47. The van der Waals surface area contributed by atoms with E-state index in [4.69, 9.17) is 4.74 Å². The fraction of sp³-hybridized carbons (Fsp3) is 0.120. The van der Waals surface area contributed by atoms with Crippen LogP contribution in [0.15, 0.2) is 72.8 Å². The normalized spacial score (nSPS) is 11.2. The third-order valence-electron chi connectivity index (χ3n) is 5.00. The molecular weight excluding hydrogens is 420 g/mol. The number of ether oxygens (including phenoxy) is 1. The van der Waals surface area contributed by atoms with E-state index >= 15 is 0 Å². The van der Waals surface area contributed by atoms with Gasteiger partial charge in [0.05, 0.1) is 35.3 Å². The number of methoxy groups -OCH3 is 1. The predicted octanol–water partition coefficient (Wildman–Crippen LogP) is 6.15. The number of hydrogen-bond donors (Lipinski definition) is 0. The SMILES string of the molecule is COCC(c1cccc(-c2ccc(F)cc2F)n1)c1cccc(-c2ccc(F)cc2F)n1. The molecule has 0 saturated carbocycles. The minimum atomic E-state index is -0.718. The number of aromatic nitrogens is 2. The van der Waals surface area contributed by atoms with Gasteiger partial charge in [-0.15, -0.1) is 0 Å². The van der Waals surface area contributed by atoms with Crippen LogP contribution in [0.4, 0.5) is 17.6 Å². The summed E-state index contributed by atoms with van der Waals surface area (Å²) in [4.78, 5) is 9.11. The molecule has 0 spiro atoms. The Bertz CT molecular complexity index is 1170. The molecule has 0 saturated heterocycles. The first-order valence-corrected chi connectivity index (χ1v) is 9.80. The summed E-state index contributed by atoms with van der Waals surface area (Å²) >= 11 is 0. The second-order valence-electron chi connectivity index (χ2n) is 7.15. The summed E-state index contributed by atoms with van der Waals surface area (Å²) in [6.07, 6.45) is 0. The van der Waals surface area contributed by atoms with Crippen LogP contribution in [0.2, 0.25) is 0 Å². The Balaban J connectivity index is 1.75. The molecule has 7 heteroatoms. The van der Waals surface area contributed by atoms with Crippen molar-refractivity contribution in [2.24, 2.45) is 0 Å². The van der Waals surface area contributed by atoms with Crippen molar-refractivity contribution in [1.29, 1.82) is 0 Å². The maximum atomic E-state index is 14.3. The van der Waals surface area contributed by atoms with Gasteiger partial charge in [-0.2, -0.15) is 0 Å². The molecule has 2 heterocycles. The van der Waals surface area contributed by atoms with Crippen LogP contribution in [0, 0.1) is 23.3 Å². The fourth-order valence-electron chi connectivity index (χ4n) is 3.47. The van der Waals surface area contributed by atoms with Gasteiger partial charge in [0, 0.05) is 30.4 Å². The van der Waals surface area contributed by atoms with Crippen molar-refractivity contribution in [3.63, 3.8) is 0 Å². The second-order valence-corrected chi connectivity index (χ2v) is 7.15. The zero-order valence-corrected chi connectivity index (χ0v) is 17.0. The van der Waals surface area contributed by atoms with E-state index in [2.05, 4.69) is 9.97 Å². The Hall–Kier alpha value is -3.58. The minimum Gasteiger partial charge on any atom is -0.384 e. The summed E-state index contributed by atoms with van der Waals surface area (Å²) in [6.45, 7) is 0.213. The average molecular weight is 438 g/mol. The standard InChI is InChI=1S/C25H18F4N2O/c1-32-14-19(24-6-2-4-22(30-24)17-10-8-15(26)12-20(17)28)25-7-3-5-23(31-25)18-11-9-16(27)13-21(18)29/h2-13,19H,14H2,1H3. The number of pyridine rings is 2. The van der Waals surface area contributed by atoms with Crippen molar-refractivity contribution in [2.45, 2.75) is 5.92 Å². The smallest absolute Gasteiger partial charge is 0.135 e. The lowest BCUT2D eigenvalue weighted by Crippen LogP contribution is -2.12. The Labute approximate surface area is 182 Å². The van der Waals surface area contributed by atoms with Gasteiger partial charge in [-0.05, 0) is 48.5 Å². The highest BCUT2D eigenvalue weighted by Gasteiger charge is 2.20. The van der Waals surface area contributed by atoms with Crippen molar-refractivity contribution >= 4 is 0 Å². The molecule has 0 N–H and O–H groups in total. The lowest BCUT2D eigenvalue weighted by atomic mass is 9.99. The molecule has 0 unspecified atom stereocenters. The summed E-state index contributed by atoms with van der Waals surface area (Å²) < 4.78 is 60.5. The molecule has 0 fully saturated rings. The molecule has 4 rings (SSSR count). The van der Waals surface area contributed by atoms with Crippen LogP contribution >= 0.6 is 0 Å². The third-order valence-corrected chi connectivity index (χ3v) is 5.00. The molecule has 3 nitrogen and oxygen atoms in total. The van der Waals surface area contributed by atoms with Crippen LogP contribution < -0.4 is 0 Å². The van der Waals surface area contributed by atoms with Gasteiger partial charge in [0.15, 0.2) is 0 Å². The van der Waals surface area contributed by atoms with Gasteiger partial charge in [-0.25, -0.2) is 17.6 Å². The summed E-state index contributed by atoms with van der Waals surface area (Å²) in [7, 11) is 1.53. The first kappa shape index (κ1) is 21.6. The third kappa shape index (κ3) is 4.53. The van der Waals surface area contributed by atoms with E-state index in [1.54, 1.807) is 36.4 Å². The maximum absolute atomic E-state index is 14.3. The molecule has 0 radical (unpaired) electrons. The highest BCUT2D eigenvalue weighted by molar-refractivity contribution is 5.61. The van der Waals surface area contributed by atoms with E-state index in [9.17, 15) is 17.6 Å². The number of hydrogen-bond acceptors (Lipinski definition) is 3. The van der Waals surface area contributed by atoms with Gasteiger partial charge in [-0.1, -0.05) is 12.1 Å². The minimum absolute atomic E-state index is 0.166. The molecule has 4 aromatic rings. The highest BCUT2D eigenvalue weighted by atomic mass is 19.1. The summed E-state index contributed by atoms with van der Waals surface area (Å²) in [5.41, 5.74) is 2.11. The second kappa shape index (κ2) is 9.28. The Morgan fingerprint density at radius 2 is 1.16 bits per heavy atom. The summed E-state index contributed by atoms with van der Waals surface area (Å²) in [6, 6.07) is 16.8. The van der Waals surface area contributed by atoms with Crippen molar-refractivity contribution < 1.29 is 22.3 Å². The Morgan fingerprint density at radius 3 is 1.56 bits per heavy atom. The van der Waals surface area contributed by atoms with Crippen LogP contribution in [-0.2, 0) is 4.74 Å². The summed E-state index contributed by atoms with van der Waals surface area (Å²) in [5.74, 6) is -3.22.